The van der Waals surface area contributed by atoms with Crippen molar-refractivity contribution in [2.45, 2.75) is 6.61 Å². The molecule has 0 unspecified atom stereocenters. The van der Waals surface area contributed by atoms with Crippen LogP contribution in [0, 0.1) is 0 Å². The molecule has 1 nitrogen and oxygen atoms in total. The molecule has 0 spiro atoms. The molecule has 1 aromatic carbocycles. The number of halogens is 1. The Balaban J connectivity index is 2.96. The van der Waals surface area contributed by atoms with Gasteiger partial charge in [-0.3, -0.25) is 0 Å². The van der Waals surface area contributed by atoms with Crippen molar-refractivity contribution in [2.75, 3.05) is 0 Å². The van der Waals surface area contributed by atoms with Gasteiger partial charge >= 0.3 is 70.1 Å². The number of benzene rings is 1. The fraction of sp³-hybridized carbons (Fsp3) is 0.143. The van der Waals surface area contributed by atoms with Crippen molar-refractivity contribution in [3.05, 3.63) is 29.8 Å². The van der Waals surface area contributed by atoms with Gasteiger partial charge < -0.3 is 0 Å². The van der Waals surface area contributed by atoms with Crippen LogP contribution in [0.5, 0.6) is 0 Å². The molecular formula is C7H7ClOSe. The molecule has 1 rings (SSSR count). The first-order valence-corrected chi connectivity index (χ1v) is 5.96. The minimum atomic E-state index is -0.0284. The van der Waals surface area contributed by atoms with Crippen LogP contribution in [-0.4, -0.2) is 19.2 Å². The minimum absolute atomic E-state index is 0.0284. The van der Waals surface area contributed by atoms with Gasteiger partial charge in [-0.25, -0.2) is 0 Å². The summed E-state index contributed by atoms with van der Waals surface area (Å²) in [5.41, 5.74) is 0.942. The van der Waals surface area contributed by atoms with Gasteiger partial charge in [-0.15, -0.1) is 0 Å². The first-order chi connectivity index (χ1) is 4.88. The normalized spacial score (nSPS) is 9.80. The summed E-state index contributed by atoms with van der Waals surface area (Å²) < 4.78 is 1.07. The second-order valence-electron chi connectivity index (χ2n) is 1.84. The molecule has 0 amide bonds. The summed E-state index contributed by atoms with van der Waals surface area (Å²) in [4.78, 5) is 0. The second-order valence-corrected chi connectivity index (χ2v) is 3.89. The van der Waals surface area contributed by atoms with E-state index in [4.69, 9.17) is 15.2 Å². The van der Waals surface area contributed by atoms with Crippen molar-refractivity contribution in [3.8, 4) is 0 Å². The number of hydrogen-bond acceptors (Lipinski definition) is 1. The van der Waals surface area contributed by atoms with Crippen LogP contribution in [0.4, 0.5) is 0 Å². The molecule has 1 N–H and O–H groups in total. The van der Waals surface area contributed by atoms with Gasteiger partial charge in [0.15, 0.2) is 0 Å². The Labute approximate surface area is 70.4 Å². The van der Waals surface area contributed by atoms with E-state index >= 15 is 0 Å². The van der Waals surface area contributed by atoms with E-state index in [9.17, 15) is 0 Å². The Morgan fingerprint density at radius 2 is 2.10 bits per heavy atom. The Bertz CT molecular complexity index is 192. The third-order valence-electron chi connectivity index (χ3n) is 1.23. The van der Waals surface area contributed by atoms with Crippen LogP contribution in [0.1, 0.15) is 5.56 Å². The van der Waals surface area contributed by atoms with E-state index in [0.29, 0.717) is 0 Å². The van der Waals surface area contributed by atoms with Crippen LogP contribution in [0.25, 0.3) is 0 Å². The fourth-order valence-electron chi connectivity index (χ4n) is 0.710. The fourth-order valence-corrected chi connectivity index (χ4v) is 2.25. The molecule has 0 aliphatic heterocycles. The first kappa shape index (κ1) is 8.09. The number of aliphatic hydroxyl groups is 1. The van der Waals surface area contributed by atoms with Crippen LogP contribution in [0.2, 0.25) is 0 Å². The first-order valence-electron chi connectivity index (χ1n) is 2.86. The summed E-state index contributed by atoms with van der Waals surface area (Å²) in [6.45, 7) is 0.0879. The van der Waals surface area contributed by atoms with E-state index in [0.717, 1.165) is 10.0 Å². The average molecular weight is 222 g/mol. The molecule has 0 radical (unpaired) electrons. The summed E-state index contributed by atoms with van der Waals surface area (Å²) in [7, 11) is 5.66. The van der Waals surface area contributed by atoms with Crippen molar-refractivity contribution >= 4 is 28.6 Å². The van der Waals surface area contributed by atoms with Crippen LogP contribution in [0.3, 0.4) is 0 Å². The molecule has 0 aliphatic carbocycles. The predicted octanol–water partition coefficient (Wildman–Crippen LogP) is 0.662. The van der Waals surface area contributed by atoms with Gasteiger partial charge in [-0.1, -0.05) is 0 Å². The van der Waals surface area contributed by atoms with Gasteiger partial charge in [0.25, 0.3) is 0 Å². The second kappa shape index (κ2) is 3.99. The molecular weight excluding hydrogens is 214 g/mol. The molecule has 10 heavy (non-hydrogen) atoms. The zero-order valence-corrected chi connectivity index (χ0v) is 7.72. The van der Waals surface area contributed by atoms with Crippen LogP contribution in [-0.2, 0) is 6.61 Å². The summed E-state index contributed by atoms with van der Waals surface area (Å²) in [5, 5.41) is 8.80. The number of rotatable bonds is 2. The average Bonchev–Trinajstić information content (AvgIpc) is 2.04. The van der Waals surface area contributed by atoms with E-state index in [1.54, 1.807) is 0 Å². The van der Waals surface area contributed by atoms with Crippen molar-refractivity contribution in [1.82, 2.24) is 0 Å². The topological polar surface area (TPSA) is 20.2 Å². The van der Waals surface area contributed by atoms with E-state index in [1.165, 1.54) is 0 Å². The van der Waals surface area contributed by atoms with E-state index in [2.05, 4.69) is 0 Å². The van der Waals surface area contributed by atoms with Gasteiger partial charge in [0.05, 0.1) is 0 Å². The van der Waals surface area contributed by atoms with Crippen molar-refractivity contribution in [1.29, 1.82) is 0 Å². The zero-order chi connectivity index (χ0) is 7.40. The van der Waals surface area contributed by atoms with Gasteiger partial charge in [0.2, 0.25) is 0 Å². The molecule has 0 saturated heterocycles. The maximum absolute atomic E-state index is 8.80. The number of aliphatic hydroxyl groups excluding tert-OH is 1. The summed E-state index contributed by atoms with van der Waals surface area (Å²) in [6, 6.07) is 7.66. The van der Waals surface area contributed by atoms with Crippen molar-refractivity contribution in [2.24, 2.45) is 0 Å². The van der Waals surface area contributed by atoms with Gasteiger partial charge in [0, 0.05) is 0 Å². The molecule has 0 aliphatic rings. The summed E-state index contributed by atoms with van der Waals surface area (Å²) in [6.07, 6.45) is 0. The molecule has 0 saturated carbocycles. The number of hydrogen-bond donors (Lipinski definition) is 1. The molecule has 3 heteroatoms. The van der Waals surface area contributed by atoms with E-state index < -0.39 is 0 Å². The Kier molecular flexibility index (Phi) is 3.23. The van der Waals surface area contributed by atoms with Gasteiger partial charge in [0.1, 0.15) is 0 Å². The Morgan fingerprint density at radius 3 is 2.60 bits per heavy atom. The Morgan fingerprint density at radius 1 is 1.40 bits per heavy atom. The van der Waals surface area contributed by atoms with Crippen LogP contribution >= 0.6 is 10.1 Å². The third-order valence-corrected chi connectivity index (χ3v) is 3.27. The molecule has 0 fully saturated rings. The molecule has 0 aromatic heterocycles. The molecule has 1 aromatic rings. The van der Waals surface area contributed by atoms with Crippen molar-refractivity contribution in [3.63, 3.8) is 0 Å². The van der Waals surface area contributed by atoms with Gasteiger partial charge in [-0.2, -0.15) is 0 Å². The SMILES string of the molecule is OCc1ccccc1[Se]Cl. The van der Waals surface area contributed by atoms with E-state index in [1.807, 2.05) is 24.3 Å². The molecule has 0 heterocycles. The quantitative estimate of drug-likeness (QED) is 0.728. The molecule has 0 bridgehead atoms. The van der Waals surface area contributed by atoms with E-state index in [-0.39, 0.29) is 20.7 Å². The zero-order valence-electron chi connectivity index (χ0n) is 5.25. The third kappa shape index (κ3) is 1.74. The standard InChI is InChI=1S/C7H7ClOSe/c8-10-7-4-2-1-3-6(7)5-9/h1-4,9H,5H2. The monoisotopic (exact) mass is 222 g/mol. The Hall–Kier alpha value is -0.0105. The summed E-state index contributed by atoms with van der Waals surface area (Å²) >= 11 is -0.0284. The van der Waals surface area contributed by atoms with Crippen LogP contribution < -0.4 is 4.46 Å². The molecule has 54 valence electrons. The van der Waals surface area contributed by atoms with Crippen LogP contribution in [0.15, 0.2) is 24.3 Å². The summed E-state index contributed by atoms with van der Waals surface area (Å²) in [5.74, 6) is 0. The van der Waals surface area contributed by atoms with Crippen molar-refractivity contribution < 1.29 is 5.11 Å². The molecule has 0 atom stereocenters. The predicted molar refractivity (Wildman–Crippen MR) is 43.6 cm³/mol. The maximum atomic E-state index is 8.80. The van der Waals surface area contributed by atoms with Gasteiger partial charge in [-0.05, 0) is 0 Å².